The quantitative estimate of drug-likeness (QED) is 0.688. The minimum Gasteiger partial charge on any atom is -0.352 e. The van der Waals surface area contributed by atoms with Gasteiger partial charge in [-0.1, -0.05) is 38.1 Å². The summed E-state index contributed by atoms with van der Waals surface area (Å²) in [5.41, 5.74) is 2.56. The van der Waals surface area contributed by atoms with Gasteiger partial charge in [0.1, 0.15) is 0 Å². The van der Waals surface area contributed by atoms with E-state index in [1.165, 1.54) is 17.5 Å². The maximum Gasteiger partial charge on any atom is 0.193 e. The smallest absolute Gasteiger partial charge is 0.193 e. The van der Waals surface area contributed by atoms with E-state index in [0.29, 0.717) is 0 Å². The number of benzene rings is 1. The van der Waals surface area contributed by atoms with Crippen LogP contribution >= 0.6 is 0 Å². The number of hydrogen-bond acceptors (Lipinski definition) is 2. The van der Waals surface area contributed by atoms with Crippen molar-refractivity contribution in [1.29, 1.82) is 0 Å². The molecule has 0 bridgehead atoms. The van der Waals surface area contributed by atoms with Crippen LogP contribution in [0.25, 0.3) is 0 Å². The van der Waals surface area contributed by atoms with E-state index in [0.717, 1.165) is 44.0 Å². The van der Waals surface area contributed by atoms with Gasteiger partial charge in [-0.2, -0.15) is 0 Å². The number of guanidine groups is 1. The highest BCUT2D eigenvalue weighted by molar-refractivity contribution is 5.80. The van der Waals surface area contributed by atoms with Crippen molar-refractivity contribution < 1.29 is 0 Å². The lowest BCUT2D eigenvalue weighted by Gasteiger charge is -2.37. The van der Waals surface area contributed by atoms with Crippen LogP contribution in [0.4, 0.5) is 0 Å². The molecular weight excluding hydrogens is 310 g/mol. The summed E-state index contributed by atoms with van der Waals surface area (Å²) in [5, 5.41) is 3.54. The predicted molar refractivity (Wildman–Crippen MR) is 102 cm³/mol. The van der Waals surface area contributed by atoms with Crippen LogP contribution in [0.5, 0.6) is 0 Å². The number of piperidine rings is 1. The highest BCUT2D eigenvalue weighted by Gasteiger charge is 2.23. The van der Waals surface area contributed by atoms with Crippen molar-refractivity contribution in [3.8, 4) is 0 Å². The highest BCUT2D eigenvalue weighted by Crippen LogP contribution is 2.21. The number of aromatic nitrogens is 2. The molecule has 2 aromatic rings. The molecule has 0 amide bonds. The molecule has 1 N–H and O–H groups in total. The standard InChI is InChI=1S/C20H29N5/c1-16-9-17(2)13-25(12-16)20(21-3)23-11-18-5-4-6-19(10-18)14-24-8-7-22-15-24/h4-8,10,15-17H,9,11-14H2,1-3H3,(H,21,23). The summed E-state index contributed by atoms with van der Waals surface area (Å²) in [4.78, 5) is 11.0. The summed E-state index contributed by atoms with van der Waals surface area (Å²) in [6, 6.07) is 8.70. The largest absolute Gasteiger partial charge is 0.352 e. The SMILES string of the molecule is CN=C(NCc1cccc(Cn2ccnc2)c1)N1CC(C)CC(C)C1. The van der Waals surface area contributed by atoms with E-state index in [9.17, 15) is 0 Å². The van der Waals surface area contributed by atoms with Gasteiger partial charge in [0.25, 0.3) is 0 Å². The lowest BCUT2D eigenvalue weighted by molar-refractivity contribution is 0.208. The number of imidazole rings is 1. The van der Waals surface area contributed by atoms with Crippen LogP contribution in [0.15, 0.2) is 48.0 Å². The molecule has 1 aliphatic heterocycles. The van der Waals surface area contributed by atoms with Gasteiger partial charge in [0.2, 0.25) is 0 Å². The molecule has 1 aromatic carbocycles. The fourth-order valence-electron chi connectivity index (χ4n) is 3.78. The van der Waals surface area contributed by atoms with Gasteiger partial charge in [-0.25, -0.2) is 4.98 Å². The monoisotopic (exact) mass is 339 g/mol. The van der Waals surface area contributed by atoms with E-state index in [1.807, 2.05) is 25.8 Å². The number of rotatable bonds is 4. The molecule has 1 aromatic heterocycles. The van der Waals surface area contributed by atoms with Crippen molar-refractivity contribution in [1.82, 2.24) is 19.8 Å². The highest BCUT2D eigenvalue weighted by atomic mass is 15.3. The molecule has 2 unspecified atom stereocenters. The molecule has 2 heterocycles. The van der Waals surface area contributed by atoms with Gasteiger partial charge in [-0.3, -0.25) is 4.99 Å². The third kappa shape index (κ3) is 4.84. The van der Waals surface area contributed by atoms with Crippen molar-refractivity contribution in [3.63, 3.8) is 0 Å². The molecule has 25 heavy (non-hydrogen) atoms. The van der Waals surface area contributed by atoms with E-state index in [-0.39, 0.29) is 0 Å². The molecule has 0 radical (unpaired) electrons. The molecule has 0 aliphatic carbocycles. The number of nitrogens with zero attached hydrogens (tertiary/aromatic N) is 4. The van der Waals surface area contributed by atoms with Gasteiger partial charge in [0, 0.05) is 45.6 Å². The second-order valence-corrected chi connectivity index (χ2v) is 7.31. The minimum atomic E-state index is 0.723. The molecule has 0 spiro atoms. The second-order valence-electron chi connectivity index (χ2n) is 7.31. The molecule has 1 saturated heterocycles. The Morgan fingerprint density at radius 1 is 1.24 bits per heavy atom. The van der Waals surface area contributed by atoms with Crippen LogP contribution in [-0.2, 0) is 13.1 Å². The van der Waals surface area contributed by atoms with Crippen LogP contribution < -0.4 is 5.32 Å². The summed E-state index contributed by atoms with van der Waals surface area (Å²) in [6.45, 7) is 8.48. The Bertz CT molecular complexity index is 682. The zero-order valence-corrected chi connectivity index (χ0v) is 15.5. The fraction of sp³-hybridized carbons (Fsp3) is 0.500. The zero-order valence-electron chi connectivity index (χ0n) is 15.5. The van der Waals surface area contributed by atoms with Crippen molar-refractivity contribution in [3.05, 3.63) is 54.1 Å². The molecule has 3 rings (SSSR count). The average molecular weight is 339 g/mol. The van der Waals surface area contributed by atoms with Crippen LogP contribution in [-0.4, -0.2) is 40.5 Å². The summed E-state index contributed by atoms with van der Waals surface area (Å²) >= 11 is 0. The molecule has 5 heteroatoms. The number of aliphatic imine (C=N–C) groups is 1. The van der Waals surface area contributed by atoms with Crippen LogP contribution in [0.3, 0.4) is 0 Å². The number of likely N-dealkylation sites (tertiary alicyclic amines) is 1. The predicted octanol–water partition coefficient (Wildman–Crippen LogP) is 2.98. The zero-order chi connectivity index (χ0) is 17.6. The van der Waals surface area contributed by atoms with Gasteiger partial charge in [0.05, 0.1) is 6.33 Å². The Hall–Kier alpha value is -2.30. The normalized spacial score (nSPS) is 21.4. The van der Waals surface area contributed by atoms with Gasteiger partial charge in [0.15, 0.2) is 5.96 Å². The third-order valence-electron chi connectivity index (χ3n) is 4.75. The Morgan fingerprint density at radius 2 is 2.00 bits per heavy atom. The van der Waals surface area contributed by atoms with E-state index in [2.05, 4.69) is 62.9 Å². The molecule has 1 fully saturated rings. The first kappa shape index (κ1) is 17.5. The fourth-order valence-corrected chi connectivity index (χ4v) is 3.78. The summed E-state index contributed by atoms with van der Waals surface area (Å²) in [7, 11) is 1.88. The number of hydrogen-bond donors (Lipinski definition) is 1. The molecule has 134 valence electrons. The van der Waals surface area contributed by atoms with Gasteiger partial charge < -0.3 is 14.8 Å². The van der Waals surface area contributed by atoms with Crippen molar-refractivity contribution in [2.45, 2.75) is 33.4 Å². The molecule has 1 aliphatic rings. The topological polar surface area (TPSA) is 45.5 Å². The van der Waals surface area contributed by atoms with Crippen molar-refractivity contribution in [2.75, 3.05) is 20.1 Å². The Labute approximate surface area is 150 Å². The maximum absolute atomic E-state index is 4.50. The lowest BCUT2D eigenvalue weighted by Crippen LogP contribution is -2.48. The van der Waals surface area contributed by atoms with E-state index < -0.39 is 0 Å². The Morgan fingerprint density at radius 3 is 2.68 bits per heavy atom. The van der Waals surface area contributed by atoms with Gasteiger partial charge in [-0.05, 0) is 29.4 Å². The van der Waals surface area contributed by atoms with Crippen LogP contribution in [0.1, 0.15) is 31.4 Å². The molecular formula is C20H29N5. The summed E-state index contributed by atoms with van der Waals surface area (Å²) in [6.07, 6.45) is 6.97. The maximum atomic E-state index is 4.50. The Balaban J connectivity index is 1.60. The third-order valence-corrected chi connectivity index (χ3v) is 4.75. The molecule has 2 atom stereocenters. The number of nitrogens with one attached hydrogen (secondary N) is 1. The minimum absolute atomic E-state index is 0.723. The first-order chi connectivity index (χ1) is 12.1. The van der Waals surface area contributed by atoms with Crippen molar-refractivity contribution >= 4 is 5.96 Å². The lowest BCUT2D eigenvalue weighted by atomic mass is 9.92. The average Bonchev–Trinajstić information content (AvgIpc) is 3.08. The first-order valence-corrected chi connectivity index (χ1v) is 9.13. The van der Waals surface area contributed by atoms with Gasteiger partial charge in [-0.15, -0.1) is 0 Å². The molecule has 5 nitrogen and oxygen atoms in total. The van der Waals surface area contributed by atoms with E-state index in [4.69, 9.17) is 0 Å². The van der Waals surface area contributed by atoms with Crippen LogP contribution in [0, 0.1) is 11.8 Å². The van der Waals surface area contributed by atoms with Gasteiger partial charge >= 0.3 is 0 Å². The van der Waals surface area contributed by atoms with Crippen LogP contribution in [0.2, 0.25) is 0 Å². The Kier molecular flexibility index (Phi) is 5.74. The summed E-state index contributed by atoms with van der Waals surface area (Å²) < 4.78 is 2.09. The first-order valence-electron chi connectivity index (χ1n) is 9.13. The van der Waals surface area contributed by atoms with E-state index in [1.54, 1.807) is 0 Å². The van der Waals surface area contributed by atoms with Crippen molar-refractivity contribution in [2.24, 2.45) is 16.8 Å². The summed E-state index contributed by atoms with van der Waals surface area (Å²) in [5.74, 6) is 2.46. The molecule has 0 saturated carbocycles. The second kappa shape index (κ2) is 8.19. The van der Waals surface area contributed by atoms with E-state index >= 15 is 0 Å².